The molecule has 0 fully saturated rings. The summed E-state index contributed by atoms with van der Waals surface area (Å²) >= 11 is 0. The summed E-state index contributed by atoms with van der Waals surface area (Å²) in [4.78, 5) is 0. The number of ether oxygens (including phenoxy) is 2. The van der Waals surface area contributed by atoms with Crippen LogP contribution in [-0.2, 0) is 0 Å². The smallest absolute Gasteiger partial charge is 0.122 e. The first-order valence-corrected chi connectivity index (χ1v) is 6.55. The van der Waals surface area contributed by atoms with Crippen molar-refractivity contribution < 1.29 is 9.47 Å². The van der Waals surface area contributed by atoms with Crippen molar-refractivity contribution >= 4 is 0 Å². The molecule has 17 heavy (non-hydrogen) atoms. The van der Waals surface area contributed by atoms with Gasteiger partial charge in [0.15, 0.2) is 0 Å². The zero-order valence-electron chi connectivity index (χ0n) is 11.3. The maximum absolute atomic E-state index is 5.76. The molecule has 1 rings (SSSR count). The van der Waals surface area contributed by atoms with Gasteiger partial charge in [-0.25, -0.2) is 0 Å². The van der Waals surface area contributed by atoms with Crippen molar-refractivity contribution in [3.8, 4) is 11.5 Å². The lowest BCUT2D eigenvalue weighted by atomic mass is 10.2. The normalized spacial score (nSPS) is 10.3. The number of benzene rings is 1. The van der Waals surface area contributed by atoms with Crippen LogP contribution in [0, 0.1) is 6.92 Å². The second-order valence-corrected chi connectivity index (χ2v) is 4.39. The number of methoxy groups -OCH3 is 1. The standard InChI is InChI=1S/C15H24O2/c1-4-5-6-7-8-11-17-15-10-9-14(16-3)12-13(15)2/h9-10,12H,4-8,11H2,1-3H3. The molecule has 96 valence electrons. The fourth-order valence-corrected chi connectivity index (χ4v) is 1.80. The van der Waals surface area contributed by atoms with Gasteiger partial charge in [-0.1, -0.05) is 32.6 Å². The molecule has 0 atom stereocenters. The van der Waals surface area contributed by atoms with E-state index in [-0.39, 0.29) is 0 Å². The lowest BCUT2D eigenvalue weighted by Gasteiger charge is -2.10. The van der Waals surface area contributed by atoms with Gasteiger partial charge in [0, 0.05) is 0 Å². The predicted octanol–water partition coefficient (Wildman–Crippen LogP) is 4.35. The van der Waals surface area contributed by atoms with Gasteiger partial charge in [0.2, 0.25) is 0 Å². The predicted molar refractivity (Wildman–Crippen MR) is 72.0 cm³/mol. The Kier molecular flexibility index (Phi) is 6.53. The molecule has 0 unspecified atom stereocenters. The summed E-state index contributed by atoms with van der Waals surface area (Å²) in [7, 11) is 1.68. The van der Waals surface area contributed by atoms with E-state index < -0.39 is 0 Å². The van der Waals surface area contributed by atoms with Crippen molar-refractivity contribution in [3.63, 3.8) is 0 Å². The zero-order chi connectivity index (χ0) is 12.5. The average molecular weight is 236 g/mol. The van der Waals surface area contributed by atoms with Crippen LogP contribution in [-0.4, -0.2) is 13.7 Å². The third-order valence-corrected chi connectivity index (χ3v) is 2.89. The SMILES string of the molecule is CCCCCCCOc1ccc(OC)cc1C. The van der Waals surface area contributed by atoms with Crippen molar-refractivity contribution in [1.29, 1.82) is 0 Å². The molecule has 1 aromatic rings. The summed E-state index contributed by atoms with van der Waals surface area (Å²) in [5.41, 5.74) is 1.14. The number of hydrogen-bond donors (Lipinski definition) is 0. The Morgan fingerprint density at radius 2 is 1.82 bits per heavy atom. The second-order valence-electron chi connectivity index (χ2n) is 4.39. The fraction of sp³-hybridized carbons (Fsp3) is 0.600. The van der Waals surface area contributed by atoms with Crippen LogP contribution in [0.2, 0.25) is 0 Å². The summed E-state index contributed by atoms with van der Waals surface area (Å²) in [6.07, 6.45) is 6.36. The molecule has 0 saturated carbocycles. The third kappa shape index (κ3) is 5.12. The first-order chi connectivity index (χ1) is 8.27. The van der Waals surface area contributed by atoms with Crippen LogP contribution in [0.3, 0.4) is 0 Å². The molecule has 0 aliphatic carbocycles. The van der Waals surface area contributed by atoms with E-state index in [4.69, 9.17) is 9.47 Å². The van der Waals surface area contributed by atoms with Crippen LogP contribution in [0.1, 0.15) is 44.6 Å². The molecule has 2 heteroatoms. The van der Waals surface area contributed by atoms with E-state index in [0.717, 1.165) is 30.1 Å². The second kappa shape index (κ2) is 7.99. The number of rotatable bonds is 8. The Labute approximate surface area is 105 Å². The molecule has 0 bridgehead atoms. The van der Waals surface area contributed by atoms with Gasteiger partial charge in [-0.15, -0.1) is 0 Å². The average Bonchev–Trinajstić information content (AvgIpc) is 2.35. The molecule has 2 nitrogen and oxygen atoms in total. The van der Waals surface area contributed by atoms with Gasteiger partial charge < -0.3 is 9.47 Å². The molecular weight excluding hydrogens is 212 g/mol. The Balaban J connectivity index is 2.27. The largest absolute Gasteiger partial charge is 0.497 e. The summed E-state index contributed by atoms with van der Waals surface area (Å²) in [6, 6.07) is 5.94. The Bertz CT molecular complexity index is 321. The van der Waals surface area contributed by atoms with Crippen LogP contribution in [0.4, 0.5) is 0 Å². The van der Waals surface area contributed by atoms with Gasteiger partial charge in [-0.05, 0) is 37.1 Å². The minimum Gasteiger partial charge on any atom is -0.497 e. The molecule has 0 aliphatic heterocycles. The van der Waals surface area contributed by atoms with Crippen LogP contribution in [0.5, 0.6) is 11.5 Å². The van der Waals surface area contributed by atoms with E-state index in [1.807, 2.05) is 18.2 Å². The minimum absolute atomic E-state index is 0.816. The highest BCUT2D eigenvalue weighted by atomic mass is 16.5. The van der Waals surface area contributed by atoms with E-state index in [2.05, 4.69) is 13.8 Å². The highest BCUT2D eigenvalue weighted by Crippen LogP contribution is 2.23. The summed E-state index contributed by atoms with van der Waals surface area (Å²) in [5.74, 6) is 1.86. The van der Waals surface area contributed by atoms with Crippen LogP contribution >= 0.6 is 0 Å². The molecule has 1 aromatic carbocycles. The Morgan fingerprint density at radius 3 is 2.47 bits per heavy atom. The molecule has 0 spiro atoms. The van der Waals surface area contributed by atoms with Crippen LogP contribution in [0.15, 0.2) is 18.2 Å². The molecule has 0 aliphatic rings. The van der Waals surface area contributed by atoms with Gasteiger partial charge in [-0.2, -0.15) is 0 Å². The molecule has 0 N–H and O–H groups in total. The minimum atomic E-state index is 0.816. The van der Waals surface area contributed by atoms with Gasteiger partial charge in [0.1, 0.15) is 11.5 Å². The summed E-state index contributed by atoms with van der Waals surface area (Å²) < 4.78 is 10.9. The molecule has 0 saturated heterocycles. The van der Waals surface area contributed by atoms with Crippen molar-refractivity contribution in [2.45, 2.75) is 46.0 Å². The van der Waals surface area contributed by atoms with Crippen LogP contribution < -0.4 is 9.47 Å². The molecule has 0 radical (unpaired) electrons. The number of aryl methyl sites for hydroxylation is 1. The topological polar surface area (TPSA) is 18.5 Å². The Hall–Kier alpha value is -1.18. The van der Waals surface area contributed by atoms with Crippen molar-refractivity contribution in [2.75, 3.05) is 13.7 Å². The van der Waals surface area contributed by atoms with Gasteiger partial charge in [-0.3, -0.25) is 0 Å². The van der Waals surface area contributed by atoms with E-state index in [9.17, 15) is 0 Å². The van der Waals surface area contributed by atoms with Crippen LogP contribution in [0.25, 0.3) is 0 Å². The third-order valence-electron chi connectivity index (χ3n) is 2.89. The summed E-state index contributed by atoms with van der Waals surface area (Å²) in [5, 5.41) is 0. The monoisotopic (exact) mass is 236 g/mol. The highest BCUT2D eigenvalue weighted by molar-refractivity contribution is 5.39. The van der Waals surface area contributed by atoms with Crippen molar-refractivity contribution in [1.82, 2.24) is 0 Å². The fourth-order valence-electron chi connectivity index (χ4n) is 1.80. The zero-order valence-corrected chi connectivity index (χ0v) is 11.3. The maximum atomic E-state index is 5.76. The van der Waals surface area contributed by atoms with Crippen molar-refractivity contribution in [2.24, 2.45) is 0 Å². The van der Waals surface area contributed by atoms with Gasteiger partial charge >= 0.3 is 0 Å². The Morgan fingerprint density at radius 1 is 1.06 bits per heavy atom. The molecular formula is C15H24O2. The highest BCUT2D eigenvalue weighted by Gasteiger charge is 2.01. The first-order valence-electron chi connectivity index (χ1n) is 6.55. The first kappa shape index (κ1) is 13.9. The quantitative estimate of drug-likeness (QED) is 0.625. The van der Waals surface area contributed by atoms with E-state index in [1.165, 1.54) is 25.7 Å². The number of hydrogen-bond acceptors (Lipinski definition) is 2. The summed E-state index contributed by atoms with van der Waals surface area (Å²) in [6.45, 7) is 5.10. The maximum Gasteiger partial charge on any atom is 0.122 e. The molecule has 0 aromatic heterocycles. The van der Waals surface area contributed by atoms with Crippen molar-refractivity contribution in [3.05, 3.63) is 23.8 Å². The van der Waals surface area contributed by atoms with E-state index in [1.54, 1.807) is 7.11 Å². The number of unbranched alkanes of at least 4 members (excludes halogenated alkanes) is 4. The van der Waals surface area contributed by atoms with E-state index in [0.29, 0.717) is 0 Å². The van der Waals surface area contributed by atoms with Gasteiger partial charge in [0.05, 0.1) is 13.7 Å². The lowest BCUT2D eigenvalue weighted by molar-refractivity contribution is 0.302. The lowest BCUT2D eigenvalue weighted by Crippen LogP contribution is -1.99. The van der Waals surface area contributed by atoms with E-state index >= 15 is 0 Å². The molecule has 0 amide bonds. The molecule has 0 heterocycles. The van der Waals surface area contributed by atoms with Gasteiger partial charge in [0.25, 0.3) is 0 Å².